The molecule has 0 aliphatic carbocycles. The lowest BCUT2D eigenvalue weighted by Crippen LogP contribution is -2.28. The molecule has 124 valence electrons. The molecule has 0 amide bonds. The third-order valence-electron chi connectivity index (χ3n) is 3.61. The highest BCUT2D eigenvalue weighted by atomic mass is 32.1. The van der Waals surface area contributed by atoms with Crippen molar-refractivity contribution in [3.63, 3.8) is 0 Å². The third kappa shape index (κ3) is 4.20. The molecule has 0 fully saturated rings. The summed E-state index contributed by atoms with van der Waals surface area (Å²) in [5.74, 6) is 0. The molecule has 3 aromatic rings. The zero-order valence-corrected chi connectivity index (χ0v) is 14.3. The van der Waals surface area contributed by atoms with Crippen LogP contribution in [0.4, 0.5) is 5.69 Å². The Labute approximate surface area is 146 Å². The summed E-state index contributed by atoms with van der Waals surface area (Å²) in [5, 5.41) is 15.5. The van der Waals surface area contributed by atoms with Crippen LogP contribution in [0.1, 0.15) is 18.2 Å². The van der Waals surface area contributed by atoms with Gasteiger partial charge in [0.1, 0.15) is 0 Å². The summed E-state index contributed by atoms with van der Waals surface area (Å²) < 4.78 is 3.82. The number of rotatable bonds is 6. The van der Waals surface area contributed by atoms with Crippen LogP contribution in [0.15, 0.2) is 55.0 Å². The van der Waals surface area contributed by atoms with Crippen molar-refractivity contribution >= 4 is 23.0 Å². The summed E-state index contributed by atoms with van der Waals surface area (Å²) in [6, 6.07) is 12.2. The predicted octanol–water partition coefficient (Wildman–Crippen LogP) is 2.63. The largest absolute Gasteiger partial charge is 0.357 e. The Morgan fingerprint density at radius 2 is 2.00 bits per heavy atom. The molecule has 7 heteroatoms. The maximum Gasteiger partial charge on any atom is 0.171 e. The Balaban J connectivity index is 1.52. The first-order chi connectivity index (χ1) is 11.7. The lowest BCUT2D eigenvalue weighted by atomic mass is 10.2. The predicted molar refractivity (Wildman–Crippen MR) is 98.7 cm³/mol. The van der Waals surface area contributed by atoms with Gasteiger partial charge < -0.3 is 10.6 Å². The maximum absolute atomic E-state index is 5.34. The van der Waals surface area contributed by atoms with Crippen molar-refractivity contribution < 1.29 is 0 Å². The molecule has 6 nitrogen and oxygen atoms in total. The summed E-state index contributed by atoms with van der Waals surface area (Å²) in [5.41, 5.74) is 3.18. The minimum Gasteiger partial charge on any atom is -0.357 e. The van der Waals surface area contributed by atoms with Gasteiger partial charge in [-0.25, -0.2) is 0 Å². The second-order valence-corrected chi connectivity index (χ2v) is 5.77. The normalized spacial score (nSPS) is 10.5. The number of hydrogen-bond donors (Lipinski definition) is 2. The molecule has 0 aliphatic heterocycles. The number of anilines is 1. The number of aromatic nitrogens is 4. The van der Waals surface area contributed by atoms with Crippen molar-refractivity contribution in [1.82, 2.24) is 24.9 Å². The van der Waals surface area contributed by atoms with Crippen LogP contribution in [0, 0.1) is 0 Å². The van der Waals surface area contributed by atoms with Gasteiger partial charge >= 0.3 is 0 Å². The van der Waals surface area contributed by atoms with Crippen molar-refractivity contribution in [2.45, 2.75) is 26.6 Å². The maximum atomic E-state index is 5.34. The Bertz CT molecular complexity index is 792. The van der Waals surface area contributed by atoms with Crippen LogP contribution >= 0.6 is 12.2 Å². The summed E-state index contributed by atoms with van der Waals surface area (Å²) in [6.45, 7) is 4.28. The first-order valence-corrected chi connectivity index (χ1v) is 8.27. The smallest absolute Gasteiger partial charge is 0.171 e. The molecule has 1 aromatic carbocycles. The van der Waals surface area contributed by atoms with Crippen LogP contribution in [0.25, 0.3) is 0 Å². The monoisotopic (exact) mass is 340 g/mol. The van der Waals surface area contributed by atoms with E-state index in [0.717, 1.165) is 24.5 Å². The van der Waals surface area contributed by atoms with Gasteiger partial charge in [-0.15, -0.1) is 0 Å². The van der Waals surface area contributed by atoms with Crippen molar-refractivity contribution in [2.75, 3.05) is 5.32 Å². The molecule has 0 bridgehead atoms. The molecule has 0 saturated carbocycles. The number of aryl methyl sites for hydroxylation is 1. The fraction of sp³-hybridized carbons (Fsp3) is 0.235. The fourth-order valence-corrected chi connectivity index (χ4v) is 2.62. The van der Waals surface area contributed by atoms with Gasteiger partial charge in [0.05, 0.1) is 30.7 Å². The highest BCUT2D eigenvalue weighted by molar-refractivity contribution is 7.80. The molecule has 2 heterocycles. The highest BCUT2D eigenvalue weighted by Crippen LogP contribution is 2.08. The molecule has 3 rings (SSSR count). The molecule has 0 radical (unpaired) electrons. The van der Waals surface area contributed by atoms with E-state index in [9.17, 15) is 0 Å². The molecule has 0 spiro atoms. The minimum absolute atomic E-state index is 0.568. The molecule has 0 atom stereocenters. The zero-order chi connectivity index (χ0) is 16.8. The van der Waals surface area contributed by atoms with Crippen LogP contribution in [0.3, 0.4) is 0 Å². The Morgan fingerprint density at radius 1 is 1.17 bits per heavy atom. The number of benzene rings is 1. The van der Waals surface area contributed by atoms with Gasteiger partial charge in [0.2, 0.25) is 0 Å². The third-order valence-corrected chi connectivity index (χ3v) is 3.86. The van der Waals surface area contributed by atoms with Crippen molar-refractivity contribution in [3.05, 3.63) is 66.2 Å². The van der Waals surface area contributed by atoms with Crippen LogP contribution < -0.4 is 10.6 Å². The molecule has 0 aliphatic rings. The van der Waals surface area contributed by atoms with Gasteiger partial charge in [0.15, 0.2) is 5.11 Å². The standard InChI is InChI=1S/C17H20N6S/c1-2-23-16(8-9-19-23)11-18-17(24)21-15-10-20-22(13-15)12-14-6-4-3-5-7-14/h3-10,13H,2,11-12H2,1H3,(H2,18,21,24). The molecular weight excluding hydrogens is 320 g/mol. The van der Waals surface area contributed by atoms with E-state index in [-0.39, 0.29) is 0 Å². The molecule has 2 N–H and O–H groups in total. The SMILES string of the molecule is CCn1nccc1CNC(=S)Nc1cnn(Cc2ccccc2)c1. The average molecular weight is 340 g/mol. The van der Waals surface area contributed by atoms with E-state index >= 15 is 0 Å². The van der Waals surface area contributed by atoms with Gasteiger partial charge in [0.25, 0.3) is 0 Å². The first kappa shape index (κ1) is 16.2. The topological polar surface area (TPSA) is 59.7 Å². The first-order valence-electron chi connectivity index (χ1n) is 7.86. The van der Waals surface area contributed by atoms with E-state index < -0.39 is 0 Å². The quantitative estimate of drug-likeness (QED) is 0.676. The van der Waals surface area contributed by atoms with E-state index in [2.05, 4.69) is 39.9 Å². The van der Waals surface area contributed by atoms with Crippen LogP contribution in [-0.4, -0.2) is 24.7 Å². The molecule has 24 heavy (non-hydrogen) atoms. The van der Waals surface area contributed by atoms with E-state index in [1.807, 2.05) is 39.8 Å². The molecule has 0 saturated heterocycles. The molecule has 2 aromatic heterocycles. The van der Waals surface area contributed by atoms with E-state index in [1.54, 1.807) is 12.4 Å². The number of thiocarbonyl (C=S) groups is 1. The summed E-state index contributed by atoms with van der Waals surface area (Å²) >= 11 is 5.34. The van der Waals surface area contributed by atoms with Gasteiger partial charge in [-0.2, -0.15) is 10.2 Å². The fourth-order valence-electron chi connectivity index (χ4n) is 2.43. The van der Waals surface area contributed by atoms with Crippen LogP contribution in [0.2, 0.25) is 0 Å². The summed E-state index contributed by atoms with van der Waals surface area (Å²) in [6.07, 6.45) is 5.51. The summed E-state index contributed by atoms with van der Waals surface area (Å²) in [7, 11) is 0. The molecule has 0 unspecified atom stereocenters. The molecular formula is C17H20N6S. The minimum atomic E-state index is 0.568. The Hall–Kier alpha value is -2.67. The van der Waals surface area contributed by atoms with Gasteiger partial charge in [-0.3, -0.25) is 9.36 Å². The van der Waals surface area contributed by atoms with Gasteiger partial charge in [-0.05, 0) is 30.8 Å². The second kappa shape index (κ2) is 7.74. The lowest BCUT2D eigenvalue weighted by molar-refractivity contribution is 0.614. The van der Waals surface area contributed by atoms with Crippen molar-refractivity contribution in [1.29, 1.82) is 0 Å². The Kier molecular flexibility index (Phi) is 5.22. The van der Waals surface area contributed by atoms with Crippen LogP contribution in [-0.2, 0) is 19.6 Å². The summed E-state index contributed by atoms with van der Waals surface area (Å²) in [4.78, 5) is 0. The zero-order valence-electron chi connectivity index (χ0n) is 13.5. The van der Waals surface area contributed by atoms with Crippen molar-refractivity contribution in [3.8, 4) is 0 Å². The van der Waals surface area contributed by atoms with Gasteiger partial charge in [0, 0.05) is 18.9 Å². The highest BCUT2D eigenvalue weighted by Gasteiger charge is 2.04. The van der Waals surface area contributed by atoms with Crippen LogP contribution in [0.5, 0.6) is 0 Å². The average Bonchev–Trinajstić information content (AvgIpc) is 3.23. The van der Waals surface area contributed by atoms with Crippen molar-refractivity contribution in [2.24, 2.45) is 0 Å². The second-order valence-electron chi connectivity index (χ2n) is 5.36. The van der Waals surface area contributed by atoms with E-state index in [1.165, 1.54) is 5.56 Å². The number of hydrogen-bond acceptors (Lipinski definition) is 3. The number of nitrogens with one attached hydrogen (secondary N) is 2. The van der Waals surface area contributed by atoms with E-state index in [0.29, 0.717) is 11.7 Å². The lowest BCUT2D eigenvalue weighted by Gasteiger charge is -2.10. The van der Waals surface area contributed by atoms with E-state index in [4.69, 9.17) is 12.2 Å². The van der Waals surface area contributed by atoms with Gasteiger partial charge in [-0.1, -0.05) is 30.3 Å². The number of nitrogens with zero attached hydrogens (tertiary/aromatic N) is 4. The Morgan fingerprint density at radius 3 is 2.79 bits per heavy atom.